The summed E-state index contributed by atoms with van der Waals surface area (Å²) in [5.74, 6) is 1.83. The largest absolute Gasteiger partial charge is 0.382 e. The summed E-state index contributed by atoms with van der Waals surface area (Å²) in [5, 5.41) is 6.98. The second kappa shape index (κ2) is 6.62. The number of rotatable bonds is 5. The normalized spacial score (nSPS) is 23.7. The van der Waals surface area contributed by atoms with Gasteiger partial charge in [0.15, 0.2) is 0 Å². The third-order valence-electron chi connectivity index (χ3n) is 3.62. The quantitative estimate of drug-likeness (QED) is 0.828. The minimum absolute atomic E-state index is 0.634. The number of hydrogen-bond donors (Lipinski definition) is 2. The van der Waals surface area contributed by atoms with E-state index in [9.17, 15) is 0 Å². The Labute approximate surface area is 110 Å². The van der Waals surface area contributed by atoms with Crippen molar-refractivity contribution in [2.75, 3.05) is 17.2 Å². The van der Waals surface area contributed by atoms with E-state index in [1.165, 1.54) is 31.4 Å². The molecule has 1 aromatic rings. The highest BCUT2D eigenvalue weighted by molar-refractivity contribution is 5.52. The van der Waals surface area contributed by atoms with Gasteiger partial charge >= 0.3 is 0 Å². The molecule has 3 heteroatoms. The SMILES string of the molecule is CCCNc1cc(NC2CCCC(C)C2)ccn1. The van der Waals surface area contributed by atoms with Gasteiger partial charge in [0, 0.05) is 30.5 Å². The van der Waals surface area contributed by atoms with Crippen molar-refractivity contribution < 1.29 is 0 Å². The van der Waals surface area contributed by atoms with Crippen LogP contribution in [0.1, 0.15) is 46.0 Å². The summed E-state index contributed by atoms with van der Waals surface area (Å²) in [6.07, 6.45) is 8.33. The molecule has 18 heavy (non-hydrogen) atoms. The number of nitrogens with zero attached hydrogens (tertiary/aromatic N) is 1. The zero-order chi connectivity index (χ0) is 12.8. The van der Waals surface area contributed by atoms with E-state index < -0.39 is 0 Å². The first-order chi connectivity index (χ1) is 8.78. The van der Waals surface area contributed by atoms with Crippen LogP contribution in [0.15, 0.2) is 18.3 Å². The lowest BCUT2D eigenvalue weighted by Gasteiger charge is -2.28. The average Bonchev–Trinajstić information content (AvgIpc) is 2.37. The summed E-state index contributed by atoms with van der Waals surface area (Å²) in [6, 6.07) is 4.82. The highest BCUT2D eigenvalue weighted by atomic mass is 15.0. The van der Waals surface area contributed by atoms with Gasteiger partial charge in [-0.05, 0) is 31.2 Å². The van der Waals surface area contributed by atoms with Crippen LogP contribution in [0.5, 0.6) is 0 Å². The molecule has 0 bridgehead atoms. The smallest absolute Gasteiger partial charge is 0.127 e. The Morgan fingerprint density at radius 1 is 1.39 bits per heavy atom. The molecule has 2 rings (SSSR count). The van der Waals surface area contributed by atoms with Crippen LogP contribution in [-0.2, 0) is 0 Å². The lowest BCUT2D eigenvalue weighted by atomic mass is 9.87. The molecule has 100 valence electrons. The van der Waals surface area contributed by atoms with Gasteiger partial charge in [0.25, 0.3) is 0 Å². The first-order valence-electron chi connectivity index (χ1n) is 7.24. The monoisotopic (exact) mass is 247 g/mol. The molecule has 0 amide bonds. The third-order valence-corrected chi connectivity index (χ3v) is 3.62. The van der Waals surface area contributed by atoms with Crippen LogP contribution in [0.4, 0.5) is 11.5 Å². The Morgan fingerprint density at radius 2 is 2.28 bits per heavy atom. The molecule has 0 radical (unpaired) electrons. The van der Waals surface area contributed by atoms with Gasteiger partial charge in [-0.1, -0.05) is 26.7 Å². The molecule has 2 N–H and O–H groups in total. The molecule has 1 heterocycles. The van der Waals surface area contributed by atoms with E-state index in [1.54, 1.807) is 0 Å². The predicted octanol–water partition coefficient (Wildman–Crippen LogP) is 3.89. The summed E-state index contributed by atoms with van der Waals surface area (Å²) in [5.41, 5.74) is 1.20. The fourth-order valence-corrected chi connectivity index (χ4v) is 2.67. The Kier molecular flexibility index (Phi) is 4.85. The van der Waals surface area contributed by atoms with Crippen molar-refractivity contribution in [3.05, 3.63) is 18.3 Å². The summed E-state index contributed by atoms with van der Waals surface area (Å²) >= 11 is 0. The summed E-state index contributed by atoms with van der Waals surface area (Å²) < 4.78 is 0. The lowest BCUT2D eigenvalue weighted by Crippen LogP contribution is -2.26. The molecular formula is C15H25N3. The molecule has 1 aromatic heterocycles. The third kappa shape index (κ3) is 3.90. The van der Waals surface area contributed by atoms with E-state index >= 15 is 0 Å². The maximum Gasteiger partial charge on any atom is 0.127 e. The fourth-order valence-electron chi connectivity index (χ4n) is 2.67. The Morgan fingerprint density at radius 3 is 3.06 bits per heavy atom. The first-order valence-corrected chi connectivity index (χ1v) is 7.24. The van der Waals surface area contributed by atoms with Crippen LogP contribution in [0.3, 0.4) is 0 Å². The van der Waals surface area contributed by atoms with Gasteiger partial charge in [-0.25, -0.2) is 4.98 Å². The second-order valence-electron chi connectivity index (χ2n) is 5.47. The molecular weight excluding hydrogens is 222 g/mol. The van der Waals surface area contributed by atoms with Crippen LogP contribution >= 0.6 is 0 Å². The zero-order valence-electron chi connectivity index (χ0n) is 11.6. The first kappa shape index (κ1) is 13.2. The Balaban J connectivity index is 1.91. The van der Waals surface area contributed by atoms with E-state index in [0.29, 0.717) is 6.04 Å². The molecule has 2 unspecified atom stereocenters. The van der Waals surface area contributed by atoms with Gasteiger partial charge in [-0.3, -0.25) is 0 Å². The molecule has 1 fully saturated rings. The van der Waals surface area contributed by atoms with Crippen molar-refractivity contribution in [2.24, 2.45) is 5.92 Å². The van der Waals surface area contributed by atoms with E-state index in [0.717, 1.165) is 24.7 Å². The van der Waals surface area contributed by atoms with Crippen molar-refractivity contribution >= 4 is 11.5 Å². The minimum atomic E-state index is 0.634. The van der Waals surface area contributed by atoms with Gasteiger partial charge in [0.05, 0.1) is 0 Å². The van der Waals surface area contributed by atoms with Gasteiger partial charge < -0.3 is 10.6 Å². The van der Waals surface area contributed by atoms with Gasteiger partial charge in [0.1, 0.15) is 5.82 Å². The molecule has 0 aliphatic heterocycles. The van der Waals surface area contributed by atoms with Gasteiger partial charge in [-0.15, -0.1) is 0 Å². The lowest BCUT2D eigenvalue weighted by molar-refractivity contribution is 0.358. The van der Waals surface area contributed by atoms with Gasteiger partial charge in [0.2, 0.25) is 0 Å². The zero-order valence-corrected chi connectivity index (χ0v) is 11.6. The molecule has 0 spiro atoms. The van der Waals surface area contributed by atoms with Crippen molar-refractivity contribution in [1.82, 2.24) is 4.98 Å². The summed E-state index contributed by atoms with van der Waals surface area (Å²) in [7, 11) is 0. The summed E-state index contributed by atoms with van der Waals surface area (Å²) in [4.78, 5) is 4.33. The molecule has 1 aliphatic carbocycles. The molecule has 0 aromatic carbocycles. The fraction of sp³-hybridized carbons (Fsp3) is 0.667. The number of pyridine rings is 1. The average molecular weight is 247 g/mol. The number of hydrogen-bond acceptors (Lipinski definition) is 3. The Bertz CT molecular complexity index is 365. The number of nitrogens with one attached hydrogen (secondary N) is 2. The molecule has 0 saturated heterocycles. The van der Waals surface area contributed by atoms with Crippen LogP contribution in [0.2, 0.25) is 0 Å². The maximum atomic E-state index is 4.33. The molecule has 1 aliphatic rings. The van der Waals surface area contributed by atoms with Crippen molar-refractivity contribution in [1.29, 1.82) is 0 Å². The standard InChI is InChI=1S/C15H25N3/c1-3-8-16-15-11-14(7-9-17-15)18-13-6-4-5-12(2)10-13/h7,9,11-13H,3-6,8,10H2,1-2H3,(H2,16,17,18). The highest BCUT2D eigenvalue weighted by Gasteiger charge is 2.18. The highest BCUT2D eigenvalue weighted by Crippen LogP contribution is 2.26. The van der Waals surface area contributed by atoms with E-state index in [-0.39, 0.29) is 0 Å². The van der Waals surface area contributed by atoms with Crippen LogP contribution < -0.4 is 10.6 Å². The van der Waals surface area contributed by atoms with E-state index in [1.807, 2.05) is 6.20 Å². The van der Waals surface area contributed by atoms with Crippen molar-refractivity contribution in [3.8, 4) is 0 Å². The van der Waals surface area contributed by atoms with E-state index in [2.05, 4.69) is 41.6 Å². The summed E-state index contributed by atoms with van der Waals surface area (Å²) in [6.45, 7) is 5.50. The predicted molar refractivity (Wildman–Crippen MR) is 78.1 cm³/mol. The second-order valence-corrected chi connectivity index (χ2v) is 5.47. The molecule has 2 atom stereocenters. The van der Waals surface area contributed by atoms with Crippen molar-refractivity contribution in [3.63, 3.8) is 0 Å². The maximum absolute atomic E-state index is 4.33. The minimum Gasteiger partial charge on any atom is -0.382 e. The molecule has 1 saturated carbocycles. The van der Waals surface area contributed by atoms with Crippen LogP contribution in [0.25, 0.3) is 0 Å². The van der Waals surface area contributed by atoms with Crippen molar-refractivity contribution in [2.45, 2.75) is 52.0 Å². The van der Waals surface area contributed by atoms with Crippen LogP contribution in [-0.4, -0.2) is 17.6 Å². The number of anilines is 2. The van der Waals surface area contributed by atoms with Gasteiger partial charge in [-0.2, -0.15) is 0 Å². The molecule has 3 nitrogen and oxygen atoms in total. The van der Waals surface area contributed by atoms with Crippen LogP contribution in [0, 0.1) is 5.92 Å². The number of aromatic nitrogens is 1. The van der Waals surface area contributed by atoms with E-state index in [4.69, 9.17) is 0 Å². The topological polar surface area (TPSA) is 37.0 Å². The Hall–Kier alpha value is -1.25.